The van der Waals surface area contributed by atoms with Crippen LogP contribution in [0.5, 0.6) is 0 Å². The number of rotatable bonds is 38. The van der Waals surface area contributed by atoms with Crippen LogP contribution >= 0.6 is 7.82 Å². The highest BCUT2D eigenvalue weighted by atomic mass is 31.2. The SMILES string of the molecule is CCCCCC=CCC=CCCCCCCCC(=O)OCC(COP(=O)(O)OCCN)OC=CCCCCCCC=CCCCCCCCC. The number of esters is 1. The summed E-state index contributed by atoms with van der Waals surface area (Å²) in [6.07, 6.45) is 45.1. The maximum Gasteiger partial charge on any atom is 0.472 e. The molecule has 0 aromatic carbocycles. The van der Waals surface area contributed by atoms with E-state index in [-0.39, 0.29) is 32.3 Å². The van der Waals surface area contributed by atoms with E-state index in [2.05, 4.69) is 50.3 Å². The van der Waals surface area contributed by atoms with Gasteiger partial charge in [-0.25, -0.2) is 4.57 Å². The molecule has 0 fully saturated rings. The molecule has 0 saturated carbocycles. The third kappa shape index (κ3) is 37.6. The van der Waals surface area contributed by atoms with Gasteiger partial charge in [-0.05, 0) is 83.1 Å². The van der Waals surface area contributed by atoms with E-state index in [0.717, 1.165) is 70.6 Å². The van der Waals surface area contributed by atoms with Gasteiger partial charge in [0, 0.05) is 13.0 Å². The molecule has 0 aliphatic heterocycles. The molecule has 0 rings (SSSR count). The fourth-order valence-electron chi connectivity index (χ4n) is 5.24. The van der Waals surface area contributed by atoms with Crippen LogP contribution in [-0.2, 0) is 27.9 Å². The lowest BCUT2D eigenvalue weighted by Gasteiger charge is -2.19. The van der Waals surface area contributed by atoms with Gasteiger partial charge in [0.25, 0.3) is 0 Å². The first-order valence-electron chi connectivity index (χ1n) is 20.2. The Kier molecular flexibility index (Phi) is 37.2. The summed E-state index contributed by atoms with van der Waals surface area (Å²) in [6.45, 7) is 4.15. The summed E-state index contributed by atoms with van der Waals surface area (Å²) in [5, 5.41) is 0. The predicted molar refractivity (Wildman–Crippen MR) is 210 cm³/mol. The largest absolute Gasteiger partial charge is 0.492 e. The van der Waals surface area contributed by atoms with Crippen molar-refractivity contribution in [3.8, 4) is 0 Å². The fourth-order valence-corrected chi connectivity index (χ4v) is 6.00. The summed E-state index contributed by atoms with van der Waals surface area (Å²) in [7, 11) is -4.27. The molecule has 3 N–H and O–H groups in total. The second kappa shape index (κ2) is 38.5. The Balaban J connectivity index is 4.17. The Bertz CT molecular complexity index is 905. The Morgan fingerprint density at radius 2 is 1.08 bits per heavy atom. The second-order valence-electron chi connectivity index (χ2n) is 13.2. The maximum atomic E-state index is 12.4. The summed E-state index contributed by atoms with van der Waals surface area (Å²) in [5.41, 5.74) is 5.35. The van der Waals surface area contributed by atoms with Crippen LogP contribution in [0, 0.1) is 0 Å². The van der Waals surface area contributed by atoms with Crippen LogP contribution in [0.15, 0.2) is 48.8 Å². The number of carbonyl (C=O) groups excluding carboxylic acids is 1. The smallest absolute Gasteiger partial charge is 0.472 e. The number of ether oxygens (including phenoxy) is 2. The highest BCUT2D eigenvalue weighted by Crippen LogP contribution is 2.43. The summed E-state index contributed by atoms with van der Waals surface area (Å²) >= 11 is 0. The third-order valence-corrected chi connectivity index (χ3v) is 9.29. The van der Waals surface area contributed by atoms with E-state index in [9.17, 15) is 14.3 Å². The molecule has 8 nitrogen and oxygen atoms in total. The van der Waals surface area contributed by atoms with Crippen LogP contribution in [0.1, 0.15) is 174 Å². The van der Waals surface area contributed by atoms with Crippen molar-refractivity contribution in [1.29, 1.82) is 0 Å². The number of hydrogen-bond donors (Lipinski definition) is 2. The van der Waals surface area contributed by atoms with E-state index >= 15 is 0 Å². The van der Waals surface area contributed by atoms with Gasteiger partial charge in [0.1, 0.15) is 6.61 Å². The number of nitrogens with two attached hydrogens (primary N) is 1. The lowest BCUT2D eigenvalue weighted by molar-refractivity contribution is -0.147. The molecule has 0 spiro atoms. The summed E-state index contributed by atoms with van der Waals surface area (Å²) in [6, 6.07) is 0. The summed E-state index contributed by atoms with van der Waals surface area (Å²) in [5.74, 6) is -0.308. The summed E-state index contributed by atoms with van der Waals surface area (Å²) in [4.78, 5) is 22.2. The minimum absolute atomic E-state index is 0.0767. The Hall–Kier alpha value is -1.70. The number of allylic oxidation sites excluding steroid dienone is 7. The molecule has 0 aliphatic carbocycles. The number of hydrogen-bond acceptors (Lipinski definition) is 7. The molecule has 2 atom stereocenters. The second-order valence-corrected chi connectivity index (χ2v) is 14.7. The van der Waals surface area contributed by atoms with Crippen LogP contribution < -0.4 is 5.73 Å². The van der Waals surface area contributed by atoms with Crippen LogP contribution in [0.2, 0.25) is 0 Å². The fraction of sp³-hybridized carbons (Fsp3) is 0.780. The number of phosphoric acid groups is 1. The van der Waals surface area contributed by atoms with Crippen molar-refractivity contribution in [2.45, 2.75) is 180 Å². The molecule has 0 saturated heterocycles. The average molecular weight is 726 g/mol. The lowest BCUT2D eigenvalue weighted by atomic mass is 10.1. The van der Waals surface area contributed by atoms with Crippen LogP contribution in [-0.4, -0.2) is 43.3 Å². The summed E-state index contributed by atoms with van der Waals surface area (Å²) < 4.78 is 33.1. The normalized spacial score (nSPS) is 14.0. The number of unbranched alkanes of at least 4 members (excludes halogenated alkanes) is 19. The molecule has 50 heavy (non-hydrogen) atoms. The number of phosphoric ester groups is 1. The van der Waals surface area contributed by atoms with E-state index in [4.69, 9.17) is 24.3 Å². The Labute approximate surface area is 307 Å². The molecule has 0 aromatic rings. The number of carbonyl (C=O) groups is 1. The van der Waals surface area contributed by atoms with E-state index in [1.807, 2.05) is 6.08 Å². The first-order chi connectivity index (χ1) is 24.4. The molecule has 0 heterocycles. The van der Waals surface area contributed by atoms with E-state index in [1.165, 1.54) is 83.5 Å². The first-order valence-corrected chi connectivity index (χ1v) is 21.7. The van der Waals surface area contributed by atoms with Gasteiger partial charge >= 0.3 is 13.8 Å². The molecule has 0 aromatic heterocycles. The maximum absolute atomic E-state index is 12.4. The Morgan fingerprint density at radius 1 is 0.620 bits per heavy atom. The van der Waals surface area contributed by atoms with Gasteiger partial charge in [0.15, 0.2) is 6.10 Å². The molecular formula is C41H76NO7P. The highest BCUT2D eigenvalue weighted by Gasteiger charge is 2.24. The van der Waals surface area contributed by atoms with Gasteiger partial charge in [-0.15, -0.1) is 0 Å². The molecule has 0 amide bonds. The van der Waals surface area contributed by atoms with Crippen molar-refractivity contribution in [1.82, 2.24) is 0 Å². The van der Waals surface area contributed by atoms with Gasteiger partial charge in [-0.3, -0.25) is 13.8 Å². The van der Waals surface area contributed by atoms with E-state index in [0.29, 0.717) is 6.42 Å². The molecule has 0 bridgehead atoms. The zero-order chi connectivity index (χ0) is 36.6. The standard InChI is InChI=1S/C41H76NO7P/c1-3-5-7-9-11-13-15-17-19-21-23-25-27-29-31-33-36-46-40(39-49-50(44,45)48-37-35-42)38-47-41(43)34-32-30-28-26-24-22-20-18-16-14-12-10-8-6-4-2/h12,14,17-20,33,36,40H,3-11,13,15-16,21-32,34-35,37-39,42H2,1-2H3,(H,44,45). The van der Waals surface area contributed by atoms with Gasteiger partial charge in [0.2, 0.25) is 0 Å². The van der Waals surface area contributed by atoms with Gasteiger partial charge in [0.05, 0.1) is 19.5 Å². The van der Waals surface area contributed by atoms with Crippen molar-refractivity contribution in [2.75, 3.05) is 26.4 Å². The average Bonchev–Trinajstić information content (AvgIpc) is 3.11. The molecule has 9 heteroatoms. The van der Waals surface area contributed by atoms with Crippen LogP contribution in [0.3, 0.4) is 0 Å². The zero-order valence-electron chi connectivity index (χ0n) is 32.1. The Morgan fingerprint density at radius 3 is 1.64 bits per heavy atom. The molecule has 0 radical (unpaired) electrons. The molecule has 0 aliphatic rings. The highest BCUT2D eigenvalue weighted by molar-refractivity contribution is 7.47. The van der Waals surface area contributed by atoms with Crippen LogP contribution in [0.25, 0.3) is 0 Å². The van der Waals surface area contributed by atoms with E-state index < -0.39 is 13.9 Å². The van der Waals surface area contributed by atoms with Gasteiger partial charge in [-0.2, -0.15) is 0 Å². The van der Waals surface area contributed by atoms with E-state index in [1.54, 1.807) is 6.26 Å². The minimum Gasteiger partial charge on any atom is -0.492 e. The predicted octanol–water partition coefficient (Wildman–Crippen LogP) is 12.0. The molecule has 292 valence electrons. The van der Waals surface area contributed by atoms with Crippen molar-refractivity contribution in [3.63, 3.8) is 0 Å². The minimum atomic E-state index is -4.27. The van der Waals surface area contributed by atoms with Crippen molar-refractivity contribution >= 4 is 13.8 Å². The molecule has 2 unspecified atom stereocenters. The quantitative estimate of drug-likeness (QED) is 0.0212. The lowest BCUT2D eigenvalue weighted by Crippen LogP contribution is -2.25. The first kappa shape index (κ1) is 48.3. The van der Waals surface area contributed by atoms with Crippen molar-refractivity contribution in [3.05, 3.63) is 48.8 Å². The van der Waals surface area contributed by atoms with Crippen molar-refractivity contribution in [2.24, 2.45) is 5.73 Å². The van der Waals surface area contributed by atoms with Crippen molar-refractivity contribution < 1.29 is 32.8 Å². The monoisotopic (exact) mass is 726 g/mol. The van der Waals surface area contributed by atoms with Gasteiger partial charge in [-0.1, -0.05) is 127 Å². The zero-order valence-corrected chi connectivity index (χ0v) is 33.0. The third-order valence-electron chi connectivity index (χ3n) is 8.31. The van der Waals surface area contributed by atoms with Gasteiger partial charge < -0.3 is 20.1 Å². The van der Waals surface area contributed by atoms with Crippen LogP contribution in [0.4, 0.5) is 0 Å². The topological polar surface area (TPSA) is 117 Å². The molecular weight excluding hydrogens is 649 g/mol.